The van der Waals surface area contributed by atoms with Crippen molar-refractivity contribution in [3.8, 4) is 0 Å². The number of likely N-dealkylation sites (tertiary alicyclic amines) is 1. The van der Waals surface area contributed by atoms with Crippen molar-refractivity contribution in [3.63, 3.8) is 0 Å². The van der Waals surface area contributed by atoms with Gasteiger partial charge in [0, 0.05) is 37.7 Å². The Balaban J connectivity index is 1.86. The lowest BCUT2D eigenvalue weighted by atomic mass is 9.92. The number of carbonyl (C=O) groups is 5. The highest BCUT2D eigenvalue weighted by molar-refractivity contribution is 7.09. The van der Waals surface area contributed by atoms with Gasteiger partial charge in [-0.1, -0.05) is 77.8 Å². The van der Waals surface area contributed by atoms with Gasteiger partial charge in [-0.2, -0.15) is 0 Å². The number of carboxylic acid groups (broad SMARTS) is 1. The van der Waals surface area contributed by atoms with Gasteiger partial charge in [0.05, 0.1) is 6.04 Å². The van der Waals surface area contributed by atoms with E-state index in [1.807, 2.05) is 52.6 Å². The minimum atomic E-state index is -1.17. The Hall–Kier alpha value is -3.84. The molecule has 12 nitrogen and oxygen atoms in total. The van der Waals surface area contributed by atoms with E-state index < -0.39 is 42.1 Å². The molecule has 1 aliphatic rings. The average molecular weight is 714 g/mol. The highest BCUT2D eigenvalue weighted by Crippen LogP contribution is 2.32. The summed E-state index contributed by atoms with van der Waals surface area (Å²) in [6.07, 6.45) is 3.57. The second-order valence-corrected chi connectivity index (χ2v) is 14.6. The van der Waals surface area contributed by atoms with E-state index >= 15 is 0 Å². The molecule has 0 spiro atoms. The summed E-state index contributed by atoms with van der Waals surface area (Å²) < 4.78 is 5.77. The first-order valence-electron chi connectivity index (χ1n) is 17.8. The Labute approximate surface area is 300 Å². The van der Waals surface area contributed by atoms with Crippen LogP contribution in [-0.2, 0) is 30.3 Å². The van der Waals surface area contributed by atoms with Crippen molar-refractivity contribution in [1.29, 1.82) is 0 Å². The van der Waals surface area contributed by atoms with Crippen LogP contribution in [0.2, 0.25) is 0 Å². The first-order valence-corrected chi connectivity index (χ1v) is 18.7. The van der Waals surface area contributed by atoms with E-state index in [2.05, 4.69) is 20.5 Å². The summed E-state index contributed by atoms with van der Waals surface area (Å²) >= 11 is 1.13. The number of hydrogen-bond donors (Lipinski definition) is 3. The standard InChI is InChI=1S/C37H55N5O7S/c1-8-18-42(36(46)32(24(5)9-2)40-34(45)29-17-13-14-19-41(29)7)30(23(3)4)21-31(49-25(6)43)35-39-28(22-50-35)33(44)38-27(37(47)48)20-26-15-11-10-12-16-26/h10-12,15-16,22-24,27,29-32H,8-9,13-14,17-21H2,1-7H3,(H,38,44)(H,40,45)(H,47,48)/t24-,27-,29?,30+,31+,32?/m0/s1. The predicted molar refractivity (Wildman–Crippen MR) is 193 cm³/mol. The van der Waals surface area contributed by atoms with Crippen molar-refractivity contribution in [2.45, 2.75) is 117 Å². The monoisotopic (exact) mass is 713 g/mol. The Morgan fingerprint density at radius 2 is 1.78 bits per heavy atom. The van der Waals surface area contributed by atoms with Crippen molar-refractivity contribution >= 4 is 41.0 Å². The first-order chi connectivity index (χ1) is 23.8. The van der Waals surface area contributed by atoms with Crippen LogP contribution >= 0.6 is 11.3 Å². The van der Waals surface area contributed by atoms with Crippen molar-refractivity contribution in [2.24, 2.45) is 11.8 Å². The predicted octanol–water partition coefficient (Wildman–Crippen LogP) is 4.84. The normalized spacial score (nSPS) is 18.0. The number of aliphatic carboxylic acids is 1. The van der Waals surface area contributed by atoms with Crippen LogP contribution < -0.4 is 10.6 Å². The molecule has 50 heavy (non-hydrogen) atoms. The number of carbonyl (C=O) groups excluding carboxylic acids is 4. The largest absolute Gasteiger partial charge is 0.480 e. The molecule has 1 aromatic heterocycles. The molecular formula is C37H55N5O7S. The summed E-state index contributed by atoms with van der Waals surface area (Å²) in [6.45, 7) is 12.5. The van der Waals surface area contributed by atoms with E-state index in [0.717, 1.165) is 42.7 Å². The quantitative estimate of drug-likeness (QED) is 0.184. The minimum absolute atomic E-state index is 0.0104. The van der Waals surface area contributed by atoms with Crippen LogP contribution in [0.5, 0.6) is 0 Å². The van der Waals surface area contributed by atoms with Crippen LogP contribution in [0.1, 0.15) is 107 Å². The highest BCUT2D eigenvalue weighted by atomic mass is 32.1. The summed E-state index contributed by atoms with van der Waals surface area (Å²) in [6, 6.07) is 6.44. The lowest BCUT2D eigenvalue weighted by Gasteiger charge is -2.40. The zero-order chi connectivity index (χ0) is 37.0. The van der Waals surface area contributed by atoms with Gasteiger partial charge in [-0.15, -0.1) is 11.3 Å². The van der Waals surface area contributed by atoms with Gasteiger partial charge in [-0.05, 0) is 50.3 Å². The lowest BCUT2D eigenvalue weighted by molar-refractivity contribution is -0.149. The number of hydrogen-bond acceptors (Lipinski definition) is 9. The van der Waals surface area contributed by atoms with E-state index in [9.17, 15) is 29.1 Å². The van der Waals surface area contributed by atoms with Gasteiger partial charge in [-0.3, -0.25) is 24.1 Å². The van der Waals surface area contributed by atoms with Crippen molar-refractivity contribution < 1.29 is 33.8 Å². The zero-order valence-electron chi connectivity index (χ0n) is 30.5. The molecule has 0 radical (unpaired) electrons. The maximum absolute atomic E-state index is 14.5. The van der Waals surface area contributed by atoms with Gasteiger partial charge in [0.1, 0.15) is 22.8 Å². The van der Waals surface area contributed by atoms with E-state index in [-0.39, 0.29) is 48.2 Å². The number of benzene rings is 1. The van der Waals surface area contributed by atoms with E-state index in [4.69, 9.17) is 4.74 Å². The van der Waals surface area contributed by atoms with Gasteiger partial charge in [-0.25, -0.2) is 9.78 Å². The molecule has 1 fully saturated rings. The van der Waals surface area contributed by atoms with Crippen molar-refractivity contribution in [3.05, 3.63) is 52.0 Å². The number of nitrogens with zero attached hydrogens (tertiary/aromatic N) is 3. The molecule has 2 heterocycles. The van der Waals surface area contributed by atoms with E-state index in [1.54, 1.807) is 24.3 Å². The second-order valence-electron chi connectivity index (χ2n) is 13.7. The number of piperidine rings is 1. The molecule has 3 amide bonds. The smallest absolute Gasteiger partial charge is 0.326 e. The molecule has 1 saturated heterocycles. The van der Waals surface area contributed by atoms with Gasteiger partial charge < -0.3 is 25.4 Å². The Bertz CT molecular complexity index is 1430. The number of amides is 3. The third-order valence-electron chi connectivity index (χ3n) is 9.45. The number of rotatable bonds is 18. The molecule has 2 aromatic rings. The lowest BCUT2D eigenvalue weighted by Crippen LogP contribution is -2.58. The van der Waals surface area contributed by atoms with Crippen LogP contribution in [0.15, 0.2) is 35.7 Å². The summed E-state index contributed by atoms with van der Waals surface area (Å²) in [5.41, 5.74) is 0.771. The summed E-state index contributed by atoms with van der Waals surface area (Å²) in [4.78, 5) is 73.9. The van der Waals surface area contributed by atoms with Crippen LogP contribution in [0, 0.1) is 11.8 Å². The number of nitrogens with one attached hydrogen (secondary N) is 2. The fourth-order valence-corrected chi connectivity index (χ4v) is 7.24. The van der Waals surface area contributed by atoms with Crippen LogP contribution in [0.3, 0.4) is 0 Å². The number of aromatic nitrogens is 1. The summed E-state index contributed by atoms with van der Waals surface area (Å²) in [7, 11) is 1.94. The third kappa shape index (κ3) is 11.3. The highest BCUT2D eigenvalue weighted by Gasteiger charge is 2.38. The fraction of sp³-hybridized carbons (Fsp3) is 0.622. The zero-order valence-corrected chi connectivity index (χ0v) is 31.3. The molecule has 6 atom stereocenters. The molecule has 3 N–H and O–H groups in total. The number of esters is 1. The van der Waals surface area contributed by atoms with Crippen LogP contribution in [0.4, 0.5) is 0 Å². The molecule has 276 valence electrons. The van der Waals surface area contributed by atoms with E-state index in [1.165, 1.54) is 12.3 Å². The second kappa shape index (κ2) is 19.5. The molecule has 13 heteroatoms. The topological polar surface area (TPSA) is 158 Å². The maximum atomic E-state index is 14.5. The van der Waals surface area contributed by atoms with Gasteiger partial charge in [0.2, 0.25) is 11.8 Å². The molecular weight excluding hydrogens is 659 g/mol. The molecule has 1 aliphatic heterocycles. The molecule has 0 saturated carbocycles. The Morgan fingerprint density at radius 3 is 2.36 bits per heavy atom. The molecule has 2 unspecified atom stereocenters. The maximum Gasteiger partial charge on any atom is 0.326 e. The number of carboxylic acids is 1. The SMILES string of the molecule is CCCN(C(=O)C(NC(=O)C1CCCCN1C)[C@@H](C)CC)[C@H](C[C@@H](OC(C)=O)c1nc(C(=O)N[C@@H](Cc2ccccc2)C(=O)O)cs1)C(C)C. The fourth-order valence-electron chi connectivity index (χ4n) is 6.40. The van der Waals surface area contributed by atoms with Gasteiger partial charge in [0.15, 0.2) is 6.10 Å². The van der Waals surface area contributed by atoms with Gasteiger partial charge >= 0.3 is 11.9 Å². The molecule has 3 rings (SSSR count). The summed E-state index contributed by atoms with van der Waals surface area (Å²) in [5, 5.41) is 17.3. The number of thiazole rings is 1. The van der Waals surface area contributed by atoms with Crippen LogP contribution in [0.25, 0.3) is 0 Å². The number of likely N-dealkylation sites (N-methyl/N-ethyl adjacent to an activating group) is 1. The van der Waals surface area contributed by atoms with Crippen LogP contribution in [-0.4, -0.2) is 93.9 Å². The number of ether oxygens (including phenoxy) is 1. The Morgan fingerprint density at radius 1 is 1.08 bits per heavy atom. The molecule has 1 aromatic carbocycles. The van der Waals surface area contributed by atoms with E-state index in [0.29, 0.717) is 24.4 Å². The average Bonchev–Trinajstić information content (AvgIpc) is 3.58. The third-order valence-corrected chi connectivity index (χ3v) is 10.4. The molecule has 0 bridgehead atoms. The van der Waals surface area contributed by atoms with Crippen molar-refractivity contribution in [1.82, 2.24) is 25.4 Å². The Kier molecular flexibility index (Phi) is 15.8. The first kappa shape index (κ1) is 40.6. The summed E-state index contributed by atoms with van der Waals surface area (Å²) in [5.74, 6) is -2.85. The minimum Gasteiger partial charge on any atom is -0.480 e. The van der Waals surface area contributed by atoms with Crippen molar-refractivity contribution in [2.75, 3.05) is 20.1 Å². The molecule has 0 aliphatic carbocycles. The van der Waals surface area contributed by atoms with Gasteiger partial charge in [0.25, 0.3) is 5.91 Å².